The van der Waals surface area contributed by atoms with Crippen molar-refractivity contribution in [3.8, 4) is 0 Å². The lowest BCUT2D eigenvalue weighted by Crippen LogP contribution is -2.40. The molecule has 0 unspecified atom stereocenters. The van der Waals surface area contributed by atoms with Gasteiger partial charge in [-0.25, -0.2) is 9.13 Å². The fraction of sp³-hybridized carbons (Fsp3) is 0.600. The number of aliphatic hydroxyl groups excluding tert-OH is 1. The minimum absolute atomic E-state index is 0.269. The molecule has 5 N–H and O–H groups in total. The quantitative estimate of drug-likeness (QED) is 0.411. The number of nitrogen functional groups attached to an aromatic ring is 1. The molecule has 20 heavy (non-hydrogen) atoms. The summed E-state index contributed by atoms with van der Waals surface area (Å²) in [6.07, 6.45) is 1.31. The van der Waals surface area contributed by atoms with Crippen molar-refractivity contribution >= 4 is 13.6 Å². The van der Waals surface area contributed by atoms with Gasteiger partial charge in [-0.2, -0.15) is 0 Å². The fourth-order valence-corrected chi connectivity index (χ4v) is 2.27. The minimum atomic E-state index is -4.58. The molecule has 0 amide bonds. The van der Waals surface area contributed by atoms with Crippen LogP contribution in [0.3, 0.4) is 0 Å². The summed E-state index contributed by atoms with van der Waals surface area (Å²) in [5.41, 5.74) is 6.38. The lowest BCUT2D eigenvalue weighted by Gasteiger charge is -2.14. The average molecular weight is 306 g/mol. The lowest BCUT2D eigenvalue weighted by atomic mass is 10.2. The summed E-state index contributed by atoms with van der Waals surface area (Å²) in [6.45, 7) is 1.41. The van der Waals surface area contributed by atoms with E-state index in [0.717, 1.165) is 5.56 Å². The molecule has 1 aliphatic heterocycles. The third-order valence-electron chi connectivity index (χ3n) is 3.02. The highest BCUT2D eigenvalue weighted by Crippen LogP contribution is 2.37. The van der Waals surface area contributed by atoms with Gasteiger partial charge in [-0.05, 0) is 11.9 Å². The highest BCUT2D eigenvalue weighted by atomic mass is 31.2. The van der Waals surface area contributed by atoms with Gasteiger partial charge in [0.05, 0.1) is 18.3 Å². The largest absolute Gasteiger partial charge is 0.469 e. The molecule has 1 aliphatic rings. The van der Waals surface area contributed by atoms with Crippen LogP contribution in [0.2, 0.25) is 0 Å². The summed E-state index contributed by atoms with van der Waals surface area (Å²) in [7, 11) is -4.58. The van der Waals surface area contributed by atoms with Gasteiger partial charge in [0.1, 0.15) is 12.3 Å². The van der Waals surface area contributed by atoms with Gasteiger partial charge < -0.3 is 25.4 Å². The van der Waals surface area contributed by atoms with E-state index in [9.17, 15) is 9.67 Å². The molecule has 0 radical (unpaired) electrons. The smallest absolute Gasteiger partial charge is 0.390 e. The summed E-state index contributed by atoms with van der Waals surface area (Å²) in [5, 5.41) is 9.83. The van der Waals surface area contributed by atoms with Gasteiger partial charge in [0, 0.05) is 6.42 Å². The Hall–Kier alpha value is -1.09. The Morgan fingerprint density at radius 2 is 2.35 bits per heavy atom. The van der Waals surface area contributed by atoms with Crippen molar-refractivity contribution < 1.29 is 33.3 Å². The second-order valence-electron chi connectivity index (χ2n) is 4.61. The summed E-state index contributed by atoms with van der Waals surface area (Å²) in [5.74, 6) is 0.404. The number of hydrogen-bond acceptors (Lipinski definition) is 6. The Balaban J connectivity index is 2.02. The van der Waals surface area contributed by atoms with Crippen molar-refractivity contribution in [3.63, 3.8) is 0 Å². The van der Waals surface area contributed by atoms with E-state index in [-0.39, 0.29) is 13.0 Å². The molecule has 10 heteroatoms. The normalized spacial score (nSPS) is 26.9. The maximum absolute atomic E-state index is 10.6. The van der Waals surface area contributed by atoms with E-state index in [4.69, 9.17) is 20.3 Å². The molecule has 1 saturated heterocycles. The summed E-state index contributed by atoms with van der Waals surface area (Å²) < 4.78 is 22.1. The summed E-state index contributed by atoms with van der Waals surface area (Å²) >= 11 is 0. The molecular weight excluding hydrogens is 289 g/mol. The Morgan fingerprint density at radius 3 is 2.95 bits per heavy atom. The number of aliphatic hydroxyl groups is 1. The highest BCUT2D eigenvalue weighted by molar-refractivity contribution is 7.46. The van der Waals surface area contributed by atoms with Crippen LogP contribution in [-0.4, -0.2) is 38.7 Å². The number of aryl methyl sites for hydroxylation is 1. The molecule has 1 aromatic heterocycles. The van der Waals surface area contributed by atoms with E-state index in [2.05, 4.69) is 9.51 Å². The lowest BCUT2D eigenvalue weighted by molar-refractivity contribution is -0.762. The Kier molecular flexibility index (Phi) is 4.38. The number of phosphoric ester groups is 1. The Morgan fingerprint density at radius 1 is 1.65 bits per heavy atom. The van der Waals surface area contributed by atoms with Gasteiger partial charge in [-0.3, -0.25) is 4.52 Å². The third-order valence-corrected chi connectivity index (χ3v) is 3.51. The Bertz CT molecular complexity index is 536. The number of rotatable bonds is 4. The van der Waals surface area contributed by atoms with Crippen molar-refractivity contribution in [1.29, 1.82) is 0 Å². The van der Waals surface area contributed by atoms with E-state index >= 15 is 0 Å². The monoisotopic (exact) mass is 306 g/mol. The van der Waals surface area contributed by atoms with E-state index in [1.54, 1.807) is 17.7 Å². The van der Waals surface area contributed by atoms with Crippen molar-refractivity contribution in [3.05, 3.63) is 18.1 Å². The molecular formula is C10H17N3O6P+. The van der Waals surface area contributed by atoms with Gasteiger partial charge in [0.15, 0.2) is 0 Å². The molecule has 1 aromatic rings. The molecule has 0 spiro atoms. The molecule has 0 aliphatic carbocycles. The predicted octanol–water partition coefficient (Wildman–Crippen LogP) is -0.983. The standard InChI is InChI=1S/C10H16N3O6P/c1-6-3-13(5-12-10(6)11)9-2-7(14)8(19-9)4-18-20(15,16)17/h3,5,7-9,11,14H,2,4H2,1H3,(H2,15,16,17)/p+1/t7-,8+,9+/m0/s1. The topological polar surface area (TPSA) is 139 Å². The van der Waals surface area contributed by atoms with Gasteiger partial charge in [0.2, 0.25) is 12.0 Å². The average Bonchev–Trinajstić information content (AvgIpc) is 2.71. The van der Waals surface area contributed by atoms with Crippen molar-refractivity contribution in [2.45, 2.75) is 31.8 Å². The second-order valence-corrected chi connectivity index (χ2v) is 5.85. The summed E-state index contributed by atoms with van der Waals surface area (Å²) in [6, 6.07) is 0. The van der Waals surface area contributed by atoms with Crippen molar-refractivity contribution in [1.82, 2.24) is 4.98 Å². The zero-order valence-corrected chi connectivity index (χ0v) is 11.7. The number of hydrogen-bond donors (Lipinski definition) is 4. The number of nitrogens with zero attached hydrogens (tertiary/aromatic N) is 2. The molecule has 1 fully saturated rings. The van der Waals surface area contributed by atoms with Crippen LogP contribution in [0.5, 0.6) is 0 Å². The SMILES string of the molecule is Cc1c[n+]([C@H]2C[C@H](O)[C@@H](COP(=O)(O)O)O2)cnc1N. The predicted molar refractivity (Wildman–Crippen MR) is 66.1 cm³/mol. The van der Waals surface area contributed by atoms with Crippen LogP contribution in [0.1, 0.15) is 18.2 Å². The minimum Gasteiger partial charge on any atom is -0.390 e. The molecule has 2 rings (SSSR count). The summed E-state index contributed by atoms with van der Waals surface area (Å²) in [4.78, 5) is 21.3. The zero-order chi connectivity index (χ0) is 14.9. The van der Waals surface area contributed by atoms with Crippen LogP contribution in [0.15, 0.2) is 12.5 Å². The van der Waals surface area contributed by atoms with E-state index in [1.165, 1.54) is 6.33 Å². The molecule has 0 aromatic carbocycles. The van der Waals surface area contributed by atoms with E-state index in [1.807, 2.05) is 0 Å². The second kappa shape index (κ2) is 5.72. The Labute approximate surface area is 115 Å². The van der Waals surface area contributed by atoms with Crippen LogP contribution >= 0.6 is 7.82 Å². The first-order valence-electron chi connectivity index (χ1n) is 5.93. The van der Waals surface area contributed by atoms with Gasteiger partial charge >= 0.3 is 7.82 Å². The number of phosphoric acid groups is 1. The van der Waals surface area contributed by atoms with E-state index < -0.39 is 26.3 Å². The number of aromatic nitrogens is 2. The molecule has 9 nitrogen and oxygen atoms in total. The van der Waals surface area contributed by atoms with Crippen LogP contribution in [-0.2, 0) is 13.8 Å². The van der Waals surface area contributed by atoms with Gasteiger partial charge in [0.25, 0.3) is 6.33 Å². The van der Waals surface area contributed by atoms with E-state index in [0.29, 0.717) is 5.82 Å². The molecule has 2 heterocycles. The van der Waals surface area contributed by atoms with Crippen LogP contribution in [0.25, 0.3) is 0 Å². The van der Waals surface area contributed by atoms with Crippen molar-refractivity contribution in [2.75, 3.05) is 12.3 Å². The van der Waals surface area contributed by atoms with Crippen LogP contribution in [0.4, 0.5) is 5.82 Å². The first-order chi connectivity index (χ1) is 9.26. The third kappa shape index (κ3) is 3.72. The first-order valence-corrected chi connectivity index (χ1v) is 7.46. The van der Waals surface area contributed by atoms with Gasteiger partial charge in [-0.1, -0.05) is 0 Å². The molecule has 3 atom stereocenters. The van der Waals surface area contributed by atoms with Gasteiger partial charge in [-0.15, -0.1) is 0 Å². The number of ether oxygens (including phenoxy) is 1. The van der Waals surface area contributed by atoms with Crippen molar-refractivity contribution in [2.24, 2.45) is 0 Å². The highest BCUT2D eigenvalue weighted by Gasteiger charge is 2.38. The van der Waals surface area contributed by atoms with Crippen LogP contribution < -0.4 is 10.3 Å². The van der Waals surface area contributed by atoms with Crippen LogP contribution in [0, 0.1) is 6.92 Å². The fourth-order valence-electron chi connectivity index (χ4n) is 1.93. The zero-order valence-electron chi connectivity index (χ0n) is 10.8. The maximum atomic E-state index is 10.6. The molecule has 0 saturated carbocycles. The molecule has 0 bridgehead atoms. The maximum Gasteiger partial charge on any atom is 0.469 e. The number of nitrogens with two attached hydrogens (primary N) is 1. The molecule has 112 valence electrons. The number of anilines is 1. The first kappa shape index (κ1) is 15.3.